The highest BCUT2D eigenvalue weighted by Crippen LogP contribution is 2.23. The molecule has 0 saturated heterocycles. The Morgan fingerprint density at radius 2 is 2.00 bits per heavy atom. The SMILES string of the molecule is CCOC(=O)CCCCC(C)(C)Br. The third-order valence-corrected chi connectivity index (χ3v) is 2.10. The van der Waals surface area contributed by atoms with Crippen molar-refractivity contribution in [2.75, 3.05) is 6.61 Å². The van der Waals surface area contributed by atoms with E-state index in [9.17, 15) is 4.79 Å². The minimum Gasteiger partial charge on any atom is -0.466 e. The van der Waals surface area contributed by atoms with E-state index in [4.69, 9.17) is 4.74 Å². The van der Waals surface area contributed by atoms with Gasteiger partial charge in [-0.15, -0.1) is 0 Å². The summed E-state index contributed by atoms with van der Waals surface area (Å²) in [6.07, 6.45) is 3.63. The lowest BCUT2D eigenvalue weighted by atomic mass is 10.1. The summed E-state index contributed by atoms with van der Waals surface area (Å²) < 4.78 is 5.02. The number of carbonyl (C=O) groups is 1. The molecule has 13 heavy (non-hydrogen) atoms. The van der Waals surface area contributed by atoms with Crippen molar-refractivity contribution in [3.8, 4) is 0 Å². The van der Waals surface area contributed by atoms with Gasteiger partial charge in [-0.2, -0.15) is 0 Å². The number of halogens is 1. The number of carbonyl (C=O) groups excluding carboxylic acids is 1. The first-order chi connectivity index (χ1) is 5.95. The first-order valence-electron chi connectivity index (χ1n) is 4.80. The van der Waals surface area contributed by atoms with E-state index in [2.05, 4.69) is 29.8 Å². The molecule has 3 heteroatoms. The van der Waals surface area contributed by atoms with Gasteiger partial charge in [0.25, 0.3) is 0 Å². The molecule has 0 unspecified atom stereocenters. The fourth-order valence-corrected chi connectivity index (χ4v) is 1.33. The molecule has 0 aromatic rings. The van der Waals surface area contributed by atoms with Crippen LogP contribution in [0.4, 0.5) is 0 Å². The van der Waals surface area contributed by atoms with Gasteiger partial charge in [-0.3, -0.25) is 4.79 Å². The average Bonchev–Trinajstić information content (AvgIpc) is 1.97. The van der Waals surface area contributed by atoms with Gasteiger partial charge in [0.15, 0.2) is 0 Å². The minimum atomic E-state index is -0.0742. The molecule has 0 aliphatic rings. The molecule has 0 aliphatic heterocycles. The first kappa shape index (κ1) is 12.9. The van der Waals surface area contributed by atoms with Crippen LogP contribution in [0.1, 0.15) is 46.5 Å². The van der Waals surface area contributed by atoms with Crippen LogP contribution in [0, 0.1) is 0 Å². The van der Waals surface area contributed by atoms with E-state index in [0.717, 1.165) is 19.3 Å². The highest BCUT2D eigenvalue weighted by atomic mass is 79.9. The smallest absolute Gasteiger partial charge is 0.305 e. The predicted octanol–water partition coefficient (Wildman–Crippen LogP) is 3.28. The van der Waals surface area contributed by atoms with Gasteiger partial charge in [0.1, 0.15) is 0 Å². The zero-order chi connectivity index (χ0) is 10.3. The third kappa shape index (κ3) is 9.87. The van der Waals surface area contributed by atoms with Crippen LogP contribution in [0.5, 0.6) is 0 Å². The summed E-state index contributed by atoms with van der Waals surface area (Å²) in [5.41, 5.74) is 0. The lowest BCUT2D eigenvalue weighted by Crippen LogP contribution is -2.09. The maximum Gasteiger partial charge on any atom is 0.305 e. The van der Waals surface area contributed by atoms with Crippen molar-refractivity contribution < 1.29 is 9.53 Å². The van der Waals surface area contributed by atoms with Crippen molar-refractivity contribution in [3.05, 3.63) is 0 Å². The zero-order valence-electron chi connectivity index (χ0n) is 8.73. The molecule has 0 aromatic heterocycles. The van der Waals surface area contributed by atoms with E-state index < -0.39 is 0 Å². The van der Waals surface area contributed by atoms with Crippen LogP contribution >= 0.6 is 15.9 Å². The second kappa shape index (κ2) is 6.41. The van der Waals surface area contributed by atoms with E-state index in [1.165, 1.54) is 0 Å². The summed E-state index contributed by atoms with van der Waals surface area (Å²) >= 11 is 3.56. The van der Waals surface area contributed by atoms with Gasteiger partial charge in [0, 0.05) is 10.7 Å². The van der Waals surface area contributed by atoms with Crippen LogP contribution in [0.2, 0.25) is 0 Å². The lowest BCUT2D eigenvalue weighted by Gasteiger charge is -2.14. The highest BCUT2D eigenvalue weighted by molar-refractivity contribution is 9.10. The first-order valence-corrected chi connectivity index (χ1v) is 5.59. The van der Waals surface area contributed by atoms with Crippen LogP contribution in [0.25, 0.3) is 0 Å². The van der Waals surface area contributed by atoms with Crippen molar-refractivity contribution in [2.24, 2.45) is 0 Å². The van der Waals surface area contributed by atoms with Crippen LogP contribution < -0.4 is 0 Å². The number of alkyl halides is 1. The third-order valence-electron chi connectivity index (χ3n) is 1.71. The van der Waals surface area contributed by atoms with Crippen molar-refractivity contribution in [3.63, 3.8) is 0 Å². The summed E-state index contributed by atoms with van der Waals surface area (Å²) in [4.78, 5) is 10.9. The van der Waals surface area contributed by atoms with E-state index >= 15 is 0 Å². The average molecular weight is 251 g/mol. The normalized spacial score (nSPS) is 11.4. The second-order valence-electron chi connectivity index (χ2n) is 3.73. The Morgan fingerprint density at radius 3 is 2.46 bits per heavy atom. The van der Waals surface area contributed by atoms with Gasteiger partial charge in [0.05, 0.1) is 6.61 Å². The molecule has 0 bridgehead atoms. The molecule has 0 aromatic carbocycles. The Hall–Kier alpha value is -0.0500. The monoisotopic (exact) mass is 250 g/mol. The molecular formula is C10H19BrO2. The topological polar surface area (TPSA) is 26.3 Å². The van der Waals surface area contributed by atoms with E-state index in [1.54, 1.807) is 0 Å². The summed E-state index contributed by atoms with van der Waals surface area (Å²) in [5.74, 6) is -0.0742. The van der Waals surface area contributed by atoms with Gasteiger partial charge in [-0.1, -0.05) is 36.2 Å². The van der Waals surface area contributed by atoms with Crippen LogP contribution in [-0.2, 0) is 9.53 Å². The van der Waals surface area contributed by atoms with Crippen molar-refractivity contribution >= 4 is 21.9 Å². The Balaban J connectivity index is 3.31. The van der Waals surface area contributed by atoms with Crippen molar-refractivity contribution in [2.45, 2.75) is 50.8 Å². The Labute approximate surface area is 89.2 Å². The van der Waals surface area contributed by atoms with Crippen LogP contribution in [0.3, 0.4) is 0 Å². The van der Waals surface area contributed by atoms with Gasteiger partial charge in [-0.05, 0) is 19.8 Å². The lowest BCUT2D eigenvalue weighted by molar-refractivity contribution is -0.143. The van der Waals surface area contributed by atoms with Gasteiger partial charge >= 0.3 is 5.97 Å². The number of rotatable bonds is 6. The van der Waals surface area contributed by atoms with Crippen LogP contribution in [0.15, 0.2) is 0 Å². The second-order valence-corrected chi connectivity index (χ2v) is 5.88. The fourth-order valence-electron chi connectivity index (χ4n) is 1.05. The minimum absolute atomic E-state index is 0.0742. The standard InChI is InChI=1S/C10H19BrO2/c1-4-13-9(12)7-5-6-8-10(2,3)11/h4-8H2,1-3H3. The molecule has 0 amide bonds. The molecule has 0 spiro atoms. The maximum atomic E-state index is 10.9. The number of hydrogen-bond acceptors (Lipinski definition) is 2. The molecule has 0 saturated carbocycles. The highest BCUT2D eigenvalue weighted by Gasteiger charge is 2.11. The molecule has 0 aliphatic carbocycles. The quantitative estimate of drug-likeness (QED) is 0.411. The molecule has 0 heterocycles. The van der Waals surface area contributed by atoms with E-state index in [-0.39, 0.29) is 10.3 Å². The molecule has 0 rings (SSSR count). The summed E-state index contributed by atoms with van der Waals surface area (Å²) in [6, 6.07) is 0. The number of esters is 1. The predicted molar refractivity (Wildman–Crippen MR) is 58.1 cm³/mol. The summed E-state index contributed by atoms with van der Waals surface area (Å²) in [5, 5.41) is 0. The van der Waals surface area contributed by atoms with Crippen molar-refractivity contribution in [1.29, 1.82) is 0 Å². The van der Waals surface area contributed by atoms with Gasteiger partial charge < -0.3 is 4.74 Å². The van der Waals surface area contributed by atoms with E-state index in [0.29, 0.717) is 13.0 Å². The molecular weight excluding hydrogens is 232 g/mol. The summed E-state index contributed by atoms with van der Waals surface area (Å²) in [6.45, 7) is 6.59. The Kier molecular flexibility index (Phi) is 6.39. The largest absolute Gasteiger partial charge is 0.466 e. The molecule has 78 valence electrons. The van der Waals surface area contributed by atoms with Gasteiger partial charge in [0.2, 0.25) is 0 Å². The zero-order valence-corrected chi connectivity index (χ0v) is 10.3. The fraction of sp³-hybridized carbons (Fsp3) is 0.900. The number of unbranched alkanes of at least 4 members (excludes halogenated alkanes) is 1. The van der Waals surface area contributed by atoms with Crippen molar-refractivity contribution in [1.82, 2.24) is 0 Å². The molecule has 2 nitrogen and oxygen atoms in total. The Bertz CT molecular complexity index is 149. The molecule has 0 atom stereocenters. The number of hydrogen-bond donors (Lipinski definition) is 0. The molecule has 0 N–H and O–H groups in total. The molecule has 0 fully saturated rings. The Morgan fingerprint density at radius 1 is 1.38 bits per heavy atom. The summed E-state index contributed by atoms with van der Waals surface area (Å²) in [7, 11) is 0. The van der Waals surface area contributed by atoms with Crippen LogP contribution in [-0.4, -0.2) is 16.9 Å². The van der Waals surface area contributed by atoms with E-state index in [1.807, 2.05) is 6.92 Å². The molecule has 0 radical (unpaired) electrons. The van der Waals surface area contributed by atoms with Gasteiger partial charge in [-0.25, -0.2) is 0 Å². The maximum absolute atomic E-state index is 10.9. The number of ether oxygens (including phenoxy) is 1.